The molecule has 4 rings (SSSR count). The number of aromatic nitrogens is 3. The van der Waals surface area contributed by atoms with E-state index in [1.54, 1.807) is 6.07 Å². The molecule has 0 atom stereocenters. The molecule has 0 saturated carbocycles. The van der Waals surface area contributed by atoms with Gasteiger partial charge in [0.05, 0.1) is 37.0 Å². The molecular weight excluding hydrogens is 392 g/mol. The maximum absolute atomic E-state index is 13.8. The predicted molar refractivity (Wildman–Crippen MR) is 95.4 cm³/mol. The molecule has 1 fully saturated rings. The van der Waals surface area contributed by atoms with Crippen molar-refractivity contribution in [1.82, 2.24) is 19.7 Å². The zero-order chi connectivity index (χ0) is 20.8. The minimum Gasteiger partial charge on any atom is -0.393 e. The standard InChI is InChI=1S/C19H16F4N4O2/c20-14-2-1-11(3-13(14)18(21)22)12-4-16-15(24-5-12)6-25-27(16)7-17(29)26-8-19(23,9-26)10-28/h1-6,18,28H,7-10H2. The second-order valence-electron chi connectivity index (χ2n) is 7.03. The number of carbonyl (C=O) groups excluding carboxylic acids is 1. The molecule has 0 unspecified atom stereocenters. The largest absolute Gasteiger partial charge is 0.393 e. The van der Waals surface area contributed by atoms with Crippen LogP contribution in [0.3, 0.4) is 0 Å². The molecule has 1 saturated heterocycles. The monoisotopic (exact) mass is 408 g/mol. The summed E-state index contributed by atoms with van der Waals surface area (Å²) in [6, 6.07) is 5.01. The Morgan fingerprint density at radius 2 is 1.97 bits per heavy atom. The summed E-state index contributed by atoms with van der Waals surface area (Å²) >= 11 is 0. The topological polar surface area (TPSA) is 71.2 Å². The van der Waals surface area contributed by atoms with E-state index in [1.807, 2.05) is 0 Å². The molecule has 1 N–H and O–H groups in total. The number of halogens is 4. The lowest BCUT2D eigenvalue weighted by atomic mass is 9.97. The first-order chi connectivity index (χ1) is 13.8. The first kappa shape index (κ1) is 19.3. The highest BCUT2D eigenvalue weighted by Crippen LogP contribution is 2.29. The Kier molecular flexibility index (Phi) is 4.73. The van der Waals surface area contributed by atoms with Gasteiger partial charge in [-0.2, -0.15) is 5.10 Å². The summed E-state index contributed by atoms with van der Waals surface area (Å²) in [4.78, 5) is 17.8. The van der Waals surface area contributed by atoms with E-state index in [4.69, 9.17) is 5.11 Å². The molecule has 0 aliphatic carbocycles. The third kappa shape index (κ3) is 3.55. The second kappa shape index (κ2) is 7.11. The van der Waals surface area contributed by atoms with E-state index in [0.717, 1.165) is 12.1 Å². The quantitative estimate of drug-likeness (QED) is 0.659. The van der Waals surface area contributed by atoms with E-state index in [-0.39, 0.29) is 25.5 Å². The fourth-order valence-electron chi connectivity index (χ4n) is 3.27. The summed E-state index contributed by atoms with van der Waals surface area (Å²) in [6.45, 7) is -1.18. The van der Waals surface area contributed by atoms with Crippen LogP contribution in [0.5, 0.6) is 0 Å². The highest BCUT2D eigenvalue weighted by molar-refractivity contribution is 5.83. The van der Waals surface area contributed by atoms with Gasteiger partial charge in [-0.15, -0.1) is 0 Å². The van der Waals surface area contributed by atoms with Crippen LogP contribution in [0.1, 0.15) is 12.0 Å². The number of nitrogens with zero attached hydrogens (tertiary/aromatic N) is 4. The smallest absolute Gasteiger partial charge is 0.266 e. The number of rotatable bonds is 5. The number of carbonyl (C=O) groups is 1. The van der Waals surface area contributed by atoms with Crippen LogP contribution >= 0.6 is 0 Å². The number of benzene rings is 1. The van der Waals surface area contributed by atoms with Gasteiger partial charge in [0.15, 0.2) is 5.67 Å². The normalized spacial score (nSPS) is 15.7. The van der Waals surface area contributed by atoms with Crippen LogP contribution in [-0.2, 0) is 11.3 Å². The third-order valence-electron chi connectivity index (χ3n) is 4.93. The van der Waals surface area contributed by atoms with Gasteiger partial charge in [0.2, 0.25) is 5.91 Å². The summed E-state index contributed by atoms with van der Waals surface area (Å²) in [6.07, 6.45) is -0.0505. The second-order valence-corrected chi connectivity index (χ2v) is 7.03. The van der Waals surface area contributed by atoms with E-state index in [9.17, 15) is 22.4 Å². The average molecular weight is 408 g/mol. The summed E-state index contributed by atoms with van der Waals surface area (Å²) < 4.78 is 54.7. The summed E-state index contributed by atoms with van der Waals surface area (Å²) in [7, 11) is 0. The molecule has 152 valence electrons. The first-order valence-corrected chi connectivity index (χ1v) is 8.77. The number of aliphatic hydroxyl groups is 1. The van der Waals surface area contributed by atoms with Gasteiger partial charge in [-0.1, -0.05) is 6.07 Å². The molecule has 1 aliphatic heterocycles. The van der Waals surface area contributed by atoms with Crippen LogP contribution in [0.4, 0.5) is 17.6 Å². The Balaban J connectivity index is 1.60. The number of hydrogen-bond acceptors (Lipinski definition) is 4. The van der Waals surface area contributed by atoms with Crippen LogP contribution in [0.2, 0.25) is 0 Å². The van der Waals surface area contributed by atoms with Crippen LogP contribution in [0.15, 0.2) is 36.7 Å². The molecule has 3 aromatic rings. The van der Waals surface area contributed by atoms with Crippen molar-refractivity contribution in [2.45, 2.75) is 18.6 Å². The van der Waals surface area contributed by atoms with Crippen LogP contribution < -0.4 is 0 Å². The highest BCUT2D eigenvalue weighted by atomic mass is 19.3. The molecule has 3 heterocycles. The summed E-state index contributed by atoms with van der Waals surface area (Å²) in [5.41, 5.74) is -0.697. The zero-order valence-corrected chi connectivity index (χ0v) is 15.0. The molecule has 10 heteroatoms. The predicted octanol–water partition coefficient (Wildman–Crippen LogP) is 2.72. The van der Waals surface area contributed by atoms with Gasteiger partial charge < -0.3 is 10.0 Å². The van der Waals surface area contributed by atoms with Crippen LogP contribution in [0.25, 0.3) is 22.2 Å². The number of pyridine rings is 1. The third-order valence-corrected chi connectivity index (χ3v) is 4.93. The maximum Gasteiger partial charge on any atom is 0.266 e. The molecular formula is C19H16F4N4O2. The van der Waals surface area contributed by atoms with Gasteiger partial charge >= 0.3 is 0 Å². The summed E-state index contributed by atoms with van der Waals surface area (Å²) in [5, 5.41) is 13.1. The van der Waals surface area contributed by atoms with Gasteiger partial charge in [-0.05, 0) is 23.8 Å². The fraction of sp³-hybridized carbons (Fsp3) is 0.316. The molecule has 6 nitrogen and oxygen atoms in total. The van der Waals surface area contributed by atoms with Crippen molar-refractivity contribution in [1.29, 1.82) is 0 Å². The van der Waals surface area contributed by atoms with E-state index in [1.165, 1.54) is 28.0 Å². The van der Waals surface area contributed by atoms with Crippen molar-refractivity contribution in [2.75, 3.05) is 19.7 Å². The molecule has 1 aromatic carbocycles. The minimum absolute atomic E-state index is 0.165. The lowest BCUT2D eigenvalue weighted by Crippen LogP contribution is -2.63. The molecule has 29 heavy (non-hydrogen) atoms. The molecule has 0 radical (unpaired) electrons. The minimum atomic E-state index is -2.95. The molecule has 1 aliphatic rings. The van der Waals surface area contributed by atoms with Crippen LogP contribution in [-0.4, -0.2) is 56.0 Å². The van der Waals surface area contributed by atoms with Crippen molar-refractivity contribution < 1.29 is 27.5 Å². The van der Waals surface area contributed by atoms with Crippen molar-refractivity contribution in [3.05, 3.63) is 48.0 Å². The Morgan fingerprint density at radius 3 is 2.66 bits per heavy atom. The Morgan fingerprint density at radius 1 is 1.21 bits per heavy atom. The fourth-order valence-corrected chi connectivity index (χ4v) is 3.27. The Labute approximate surface area is 162 Å². The van der Waals surface area contributed by atoms with Gasteiger partial charge in [0.1, 0.15) is 17.9 Å². The van der Waals surface area contributed by atoms with Gasteiger partial charge in [0.25, 0.3) is 6.43 Å². The van der Waals surface area contributed by atoms with Crippen molar-refractivity contribution >= 4 is 16.9 Å². The SMILES string of the molecule is O=C(Cn1ncc2ncc(-c3ccc(F)c(C(F)F)c3)cc21)N1CC(F)(CO)C1. The lowest BCUT2D eigenvalue weighted by molar-refractivity contribution is -0.149. The average Bonchev–Trinajstić information content (AvgIpc) is 3.07. The number of fused-ring (bicyclic) bond motifs is 1. The lowest BCUT2D eigenvalue weighted by Gasteiger charge is -2.43. The first-order valence-electron chi connectivity index (χ1n) is 8.77. The number of alkyl halides is 3. The van der Waals surface area contributed by atoms with Crippen LogP contribution in [0, 0.1) is 5.82 Å². The molecule has 2 aromatic heterocycles. The molecule has 0 bridgehead atoms. The van der Waals surface area contributed by atoms with Crippen molar-refractivity contribution in [3.63, 3.8) is 0 Å². The van der Waals surface area contributed by atoms with E-state index in [2.05, 4.69) is 10.1 Å². The summed E-state index contributed by atoms with van der Waals surface area (Å²) in [5.74, 6) is -1.36. The van der Waals surface area contributed by atoms with Crippen molar-refractivity contribution in [2.24, 2.45) is 0 Å². The highest BCUT2D eigenvalue weighted by Gasteiger charge is 2.45. The van der Waals surface area contributed by atoms with E-state index in [0.29, 0.717) is 22.2 Å². The number of hydrogen-bond donors (Lipinski definition) is 1. The number of amides is 1. The molecule has 1 amide bonds. The zero-order valence-electron chi connectivity index (χ0n) is 15.0. The van der Waals surface area contributed by atoms with Gasteiger partial charge in [0, 0.05) is 11.8 Å². The van der Waals surface area contributed by atoms with Crippen molar-refractivity contribution in [3.8, 4) is 11.1 Å². The van der Waals surface area contributed by atoms with Gasteiger partial charge in [-0.25, -0.2) is 17.6 Å². The van der Waals surface area contributed by atoms with E-state index >= 15 is 0 Å². The molecule has 0 spiro atoms. The number of aliphatic hydroxyl groups excluding tert-OH is 1. The van der Waals surface area contributed by atoms with E-state index < -0.39 is 30.1 Å². The van der Waals surface area contributed by atoms with Gasteiger partial charge in [-0.3, -0.25) is 14.5 Å². The maximum atomic E-state index is 13.8. The Hall–Kier alpha value is -3.01. The number of likely N-dealkylation sites (tertiary alicyclic amines) is 1. The Bertz CT molecular complexity index is 1080.